The maximum Gasteiger partial charge on any atom is 0.319 e. The molecule has 2 rings (SSSR count). The smallest absolute Gasteiger partial charge is 0.319 e. The Balaban J connectivity index is 2.08. The first-order valence-corrected chi connectivity index (χ1v) is 8.62. The Morgan fingerprint density at radius 1 is 1.39 bits per heavy atom. The average molecular weight is 408 g/mol. The molecule has 11 heteroatoms. The number of carbonyl (C=O) groups is 1. The SMILES string of the molecule is CO/N=C/c1c(N)ncnc1Oc1ccc(NC(=O)NCCN(C)C)c(Cl)c1. The van der Waals surface area contributed by atoms with E-state index in [1.807, 2.05) is 19.0 Å². The molecule has 0 aliphatic carbocycles. The minimum Gasteiger partial charge on any atom is -0.438 e. The van der Waals surface area contributed by atoms with Crippen molar-refractivity contribution in [3.63, 3.8) is 0 Å². The van der Waals surface area contributed by atoms with Gasteiger partial charge >= 0.3 is 6.03 Å². The molecule has 0 saturated carbocycles. The van der Waals surface area contributed by atoms with Crippen LogP contribution in [0.25, 0.3) is 0 Å². The lowest BCUT2D eigenvalue weighted by Gasteiger charge is -2.13. The van der Waals surface area contributed by atoms with Crippen molar-refractivity contribution in [2.75, 3.05) is 45.3 Å². The normalized spacial score (nSPS) is 10.9. The lowest BCUT2D eigenvalue weighted by atomic mass is 10.3. The van der Waals surface area contributed by atoms with Crippen LogP contribution in [0.4, 0.5) is 16.3 Å². The van der Waals surface area contributed by atoms with Gasteiger partial charge in [0.25, 0.3) is 0 Å². The number of benzene rings is 1. The Kier molecular flexibility index (Phi) is 7.78. The summed E-state index contributed by atoms with van der Waals surface area (Å²) >= 11 is 6.24. The van der Waals surface area contributed by atoms with Gasteiger partial charge in [-0.05, 0) is 26.2 Å². The summed E-state index contributed by atoms with van der Waals surface area (Å²) in [6.07, 6.45) is 2.62. The minimum absolute atomic E-state index is 0.185. The molecule has 150 valence electrons. The largest absolute Gasteiger partial charge is 0.438 e. The first-order chi connectivity index (χ1) is 13.4. The maximum absolute atomic E-state index is 11.9. The number of nitrogens with zero attached hydrogens (tertiary/aromatic N) is 4. The van der Waals surface area contributed by atoms with Crippen LogP contribution in [0.3, 0.4) is 0 Å². The van der Waals surface area contributed by atoms with E-state index in [2.05, 4.69) is 30.6 Å². The van der Waals surface area contributed by atoms with E-state index in [1.54, 1.807) is 18.2 Å². The van der Waals surface area contributed by atoms with Crippen LogP contribution < -0.4 is 21.1 Å². The molecule has 0 aliphatic rings. The van der Waals surface area contributed by atoms with Crippen molar-refractivity contribution >= 4 is 35.4 Å². The number of urea groups is 1. The predicted octanol–water partition coefficient (Wildman–Crippen LogP) is 2.17. The maximum atomic E-state index is 11.9. The number of carbonyl (C=O) groups excluding carboxylic acids is 1. The summed E-state index contributed by atoms with van der Waals surface area (Å²) in [5.41, 5.74) is 6.63. The van der Waals surface area contributed by atoms with E-state index in [0.717, 1.165) is 6.54 Å². The number of anilines is 2. The summed E-state index contributed by atoms with van der Waals surface area (Å²) in [4.78, 5) is 26.5. The molecule has 0 aliphatic heterocycles. The van der Waals surface area contributed by atoms with E-state index in [1.165, 1.54) is 19.7 Å². The van der Waals surface area contributed by atoms with Crippen molar-refractivity contribution in [3.05, 3.63) is 35.1 Å². The predicted molar refractivity (Wildman–Crippen MR) is 108 cm³/mol. The lowest BCUT2D eigenvalue weighted by Crippen LogP contribution is -2.34. The Bertz CT molecular complexity index is 845. The van der Waals surface area contributed by atoms with Crippen molar-refractivity contribution in [2.24, 2.45) is 5.16 Å². The van der Waals surface area contributed by atoms with E-state index < -0.39 is 0 Å². The number of hydrogen-bond donors (Lipinski definition) is 3. The Hall–Kier alpha value is -3.11. The number of aromatic nitrogens is 2. The third-order valence-corrected chi connectivity index (χ3v) is 3.73. The number of likely N-dealkylation sites (N-methyl/N-ethyl adjacent to an activating group) is 1. The van der Waals surface area contributed by atoms with E-state index in [0.29, 0.717) is 28.6 Å². The summed E-state index contributed by atoms with van der Waals surface area (Å²) in [5.74, 6) is 0.768. The van der Waals surface area contributed by atoms with Crippen molar-refractivity contribution in [3.8, 4) is 11.6 Å². The highest BCUT2D eigenvalue weighted by Gasteiger charge is 2.12. The number of nitrogens with one attached hydrogen (secondary N) is 2. The van der Waals surface area contributed by atoms with Gasteiger partial charge in [-0.15, -0.1) is 0 Å². The molecule has 0 spiro atoms. The van der Waals surface area contributed by atoms with Crippen molar-refractivity contribution in [1.29, 1.82) is 0 Å². The van der Waals surface area contributed by atoms with Crippen LogP contribution in [0.1, 0.15) is 5.56 Å². The molecule has 28 heavy (non-hydrogen) atoms. The van der Waals surface area contributed by atoms with Crippen LogP contribution in [0.2, 0.25) is 5.02 Å². The summed E-state index contributed by atoms with van der Waals surface area (Å²) in [6, 6.07) is 4.46. The van der Waals surface area contributed by atoms with Crippen LogP contribution in [0.5, 0.6) is 11.6 Å². The summed E-state index contributed by atoms with van der Waals surface area (Å²) < 4.78 is 5.72. The molecule has 0 radical (unpaired) electrons. The second-order valence-corrected chi connectivity index (χ2v) is 6.23. The third kappa shape index (κ3) is 6.25. The van der Waals surface area contributed by atoms with Gasteiger partial charge in [0.05, 0.1) is 16.9 Å². The molecule has 1 aromatic carbocycles. The molecule has 1 aromatic heterocycles. The molecule has 0 saturated heterocycles. The molecular weight excluding hydrogens is 386 g/mol. The van der Waals surface area contributed by atoms with Gasteiger partial charge in [0.1, 0.15) is 30.6 Å². The zero-order valence-corrected chi connectivity index (χ0v) is 16.5. The zero-order chi connectivity index (χ0) is 20.5. The summed E-state index contributed by atoms with van der Waals surface area (Å²) in [7, 11) is 5.25. The van der Waals surface area contributed by atoms with E-state index in [9.17, 15) is 4.79 Å². The number of hydrogen-bond acceptors (Lipinski definition) is 8. The van der Waals surface area contributed by atoms with Crippen LogP contribution in [0.15, 0.2) is 29.7 Å². The zero-order valence-electron chi connectivity index (χ0n) is 15.8. The second-order valence-electron chi connectivity index (χ2n) is 5.82. The number of rotatable bonds is 8. The highest BCUT2D eigenvalue weighted by Crippen LogP contribution is 2.30. The first kappa shape index (κ1) is 21.2. The van der Waals surface area contributed by atoms with Crippen LogP contribution in [-0.2, 0) is 4.84 Å². The fourth-order valence-corrected chi connectivity index (χ4v) is 2.25. The summed E-state index contributed by atoms with van der Waals surface area (Å²) in [5, 5.41) is 9.38. The number of nitrogen functional groups attached to an aromatic ring is 1. The van der Waals surface area contributed by atoms with Gasteiger partial charge in [-0.2, -0.15) is 0 Å². The molecule has 4 N–H and O–H groups in total. The molecular formula is C17H22ClN7O3. The number of ether oxygens (including phenoxy) is 1. The van der Waals surface area contributed by atoms with E-state index in [-0.39, 0.29) is 17.7 Å². The Morgan fingerprint density at radius 2 is 2.18 bits per heavy atom. The van der Waals surface area contributed by atoms with E-state index >= 15 is 0 Å². The minimum atomic E-state index is -0.348. The number of halogens is 1. The fraction of sp³-hybridized carbons (Fsp3) is 0.294. The highest BCUT2D eigenvalue weighted by molar-refractivity contribution is 6.33. The molecule has 0 bridgehead atoms. The molecule has 0 fully saturated rings. The Morgan fingerprint density at radius 3 is 2.86 bits per heavy atom. The first-order valence-electron chi connectivity index (χ1n) is 8.24. The standard InChI is InChI=1S/C17H22ClN7O3/c1-25(2)7-6-20-17(26)24-14-5-4-11(8-13(14)18)28-16-12(9-23-27-3)15(19)21-10-22-16/h4-5,8-10H,6-7H2,1-3H3,(H2,19,21,22)(H2,20,24,26)/b23-9+. The summed E-state index contributed by atoms with van der Waals surface area (Å²) in [6.45, 7) is 1.24. The fourth-order valence-electron chi connectivity index (χ4n) is 2.03. The molecule has 10 nitrogen and oxygen atoms in total. The number of amides is 2. The van der Waals surface area contributed by atoms with Crippen LogP contribution in [-0.4, -0.2) is 61.4 Å². The molecule has 2 aromatic rings. The molecule has 0 atom stereocenters. The van der Waals surface area contributed by atoms with Gasteiger partial charge in [-0.1, -0.05) is 16.8 Å². The molecule has 0 unspecified atom stereocenters. The van der Waals surface area contributed by atoms with Crippen molar-refractivity contribution < 1.29 is 14.4 Å². The van der Waals surface area contributed by atoms with Crippen molar-refractivity contribution in [2.45, 2.75) is 0 Å². The monoisotopic (exact) mass is 407 g/mol. The highest BCUT2D eigenvalue weighted by atomic mass is 35.5. The average Bonchev–Trinajstić information content (AvgIpc) is 2.63. The topological polar surface area (TPSA) is 127 Å². The number of oxime groups is 1. The Labute approximate surface area is 167 Å². The quantitative estimate of drug-likeness (QED) is 0.452. The van der Waals surface area contributed by atoms with Crippen LogP contribution in [0, 0.1) is 0 Å². The second kappa shape index (κ2) is 10.3. The van der Waals surface area contributed by atoms with Gasteiger partial charge < -0.3 is 30.8 Å². The van der Waals surface area contributed by atoms with E-state index in [4.69, 9.17) is 22.1 Å². The van der Waals surface area contributed by atoms with Gasteiger partial charge in [0, 0.05) is 19.2 Å². The third-order valence-electron chi connectivity index (χ3n) is 3.41. The molecule has 1 heterocycles. The van der Waals surface area contributed by atoms with Crippen LogP contribution >= 0.6 is 11.6 Å². The van der Waals surface area contributed by atoms with Gasteiger partial charge in [-0.3, -0.25) is 0 Å². The van der Waals surface area contributed by atoms with Gasteiger partial charge in [-0.25, -0.2) is 14.8 Å². The van der Waals surface area contributed by atoms with Gasteiger partial charge in [0.2, 0.25) is 5.88 Å². The van der Waals surface area contributed by atoms with Crippen molar-refractivity contribution in [1.82, 2.24) is 20.2 Å². The lowest BCUT2D eigenvalue weighted by molar-refractivity contribution is 0.215. The van der Waals surface area contributed by atoms with Gasteiger partial charge in [0.15, 0.2) is 0 Å². The molecule has 2 amide bonds. The number of nitrogens with two attached hydrogens (primary N) is 1.